The molecule has 1 aromatic carbocycles. The highest BCUT2D eigenvalue weighted by Crippen LogP contribution is 2.22. The topological polar surface area (TPSA) is 83.4 Å². The number of hydrogen-bond acceptors (Lipinski definition) is 5. The van der Waals surface area contributed by atoms with Gasteiger partial charge < -0.3 is 4.90 Å². The van der Waals surface area contributed by atoms with E-state index in [-0.39, 0.29) is 23.8 Å². The largest absolute Gasteiger partial charge is 0.300 e. The summed E-state index contributed by atoms with van der Waals surface area (Å²) in [5.74, 6) is -0.0113. The van der Waals surface area contributed by atoms with Crippen molar-refractivity contribution in [3.05, 3.63) is 80.4 Å². The first kappa shape index (κ1) is 17.1. The third kappa shape index (κ3) is 3.36. The summed E-state index contributed by atoms with van der Waals surface area (Å²) in [5.41, 5.74) is 0.795. The minimum Gasteiger partial charge on any atom is -0.300 e. The van der Waals surface area contributed by atoms with Crippen molar-refractivity contribution in [2.75, 3.05) is 4.90 Å². The van der Waals surface area contributed by atoms with E-state index < -0.39 is 5.82 Å². The van der Waals surface area contributed by atoms with Crippen LogP contribution in [0.1, 0.15) is 21.2 Å². The van der Waals surface area contributed by atoms with Crippen LogP contribution in [-0.4, -0.2) is 25.5 Å². The van der Waals surface area contributed by atoms with Crippen molar-refractivity contribution >= 4 is 28.7 Å². The van der Waals surface area contributed by atoms with Crippen LogP contribution in [0.4, 0.5) is 10.1 Å². The van der Waals surface area contributed by atoms with Crippen LogP contribution in [0.5, 0.6) is 0 Å². The van der Waals surface area contributed by atoms with Crippen LogP contribution >= 0.6 is 11.3 Å². The molecule has 3 aromatic heterocycles. The van der Waals surface area contributed by atoms with Crippen LogP contribution in [0, 0.1) is 12.7 Å². The Kier molecular flexibility index (Phi) is 4.28. The number of benzene rings is 1. The fraction of sp³-hybridized carbons (Fsp3) is 0.111. The van der Waals surface area contributed by atoms with Crippen molar-refractivity contribution < 1.29 is 9.18 Å². The third-order valence-corrected chi connectivity index (χ3v) is 4.79. The van der Waals surface area contributed by atoms with Crippen LogP contribution in [0.2, 0.25) is 0 Å². The van der Waals surface area contributed by atoms with Crippen LogP contribution in [0.25, 0.3) is 5.78 Å². The number of anilines is 1. The van der Waals surface area contributed by atoms with Gasteiger partial charge in [-0.15, -0.1) is 11.3 Å². The lowest BCUT2D eigenvalue weighted by atomic mass is 10.2. The van der Waals surface area contributed by atoms with Gasteiger partial charge in [0.05, 0.1) is 11.4 Å². The summed E-state index contributed by atoms with van der Waals surface area (Å²) in [7, 11) is 0. The van der Waals surface area contributed by atoms with Crippen molar-refractivity contribution in [2.24, 2.45) is 0 Å². The van der Waals surface area contributed by atoms with Crippen molar-refractivity contribution in [1.29, 1.82) is 0 Å². The van der Waals surface area contributed by atoms with Gasteiger partial charge in [0.1, 0.15) is 11.6 Å². The molecule has 9 heteroatoms. The quantitative estimate of drug-likeness (QED) is 0.587. The lowest BCUT2D eigenvalue weighted by Crippen LogP contribution is -2.30. The number of carbonyl (C=O) groups is 1. The second-order valence-corrected chi connectivity index (χ2v) is 6.83. The molecule has 1 N–H and O–H groups in total. The van der Waals surface area contributed by atoms with Crippen molar-refractivity contribution in [3.63, 3.8) is 0 Å². The molecule has 0 aliphatic carbocycles. The lowest BCUT2D eigenvalue weighted by Gasteiger charge is -2.21. The Morgan fingerprint density at radius 1 is 1.26 bits per heavy atom. The molecule has 4 rings (SSSR count). The van der Waals surface area contributed by atoms with E-state index in [1.54, 1.807) is 19.1 Å². The molecule has 0 atom stereocenters. The molecule has 0 spiro atoms. The van der Waals surface area contributed by atoms with Gasteiger partial charge in [-0.25, -0.2) is 9.37 Å². The van der Waals surface area contributed by atoms with E-state index in [9.17, 15) is 14.0 Å². The van der Waals surface area contributed by atoms with Crippen LogP contribution in [-0.2, 0) is 6.54 Å². The zero-order valence-corrected chi connectivity index (χ0v) is 15.0. The molecule has 0 saturated heterocycles. The van der Waals surface area contributed by atoms with Gasteiger partial charge in [0.15, 0.2) is 0 Å². The first-order chi connectivity index (χ1) is 13.0. The average Bonchev–Trinajstić information content (AvgIpc) is 3.29. The Morgan fingerprint density at radius 2 is 2.04 bits per heavy atom. The van der Waals surface area contributed by atoms with Gasteiger partial charge in [0.2, 0.25) is 0 Å². The molecule has 1 amide bonds. The van der Waals surface area contributed by atoms with Gasteiger partial charge >= 0.3 is 0 Å². The minimum atomic E-state index is -0.391. The number of carbonyl (C=O) groups excluding carboxylic acids is 1. The Morgan fingerprint density at radius 3 is 2.74 bits per heavy atom. The predicted octanol–water partition coefficient (Wildman–Crippen LogP) is 2.77. The second-order valence-electron chi connectivity index (χ2n) is 5.89. The van der Waals surface area contributed by atoms with Gasteiger partial charge in [-0.3, -0.25) is 14.7 Å². The molecular formula is C18H14FN5O2S. The molecule has 0 unspecified atom stereocenters. The Labute approximate surface area is 156 Å². The monoisotopic (exact) mass is 383 g/mol. The normalized spacial score (nSPS) is 11.0. The SMILES string of the molecule is Cc1cc(=O)n2[nH]c(CN(C(=O)c3cccs3)c3ccc(F)cc3)nc2n1. The van der Waals surface area contributed by atoms with Crippen molar-refractivity contribution in [2.45, 2.75) is 13.5 Å². The van der Waals surface area contributed by atoms with Gasteiger partial charge in [0.25, 0.3) is 17.2 Å². The number of nitrogens with one attached hydrogen (secondary N) is 1. The summed E-state index contributed by atoms with van der Waals surface area (Å²) < 4.78 is 14.5. The number of aryl methyl sites for hydroxylation is 1. The molecule has 3 heterocycles. The van der Waals surface area contributed by atoms with E-state index in [2.05, 4.69) is 15.1 Å². The zero-order valence-electron chi connectivity index (χ0n) is 14.2. The maximum atomic E-state index is 13.3. The highest BCUT2D eigenvalue weighted by molar-refractivity contribution is 7.12. The Bertz CT molecular complexity index is 1160. The summed E-state index contributed by atoms with van der Waals surface area (Å²) >= 11 is 1.31. The summed E-state index contributed by atoms with van der Waals surface area (Å²) in [4.78, 5) is 35.5. The van der Waals surface area contributed by atoms with Crippen LogP contribution in [0.15, 0.2) is 52.6 Å². The summed E-state index contributed by atoms with van der Waals surface area (Å²) in [5, 5.41) is 4.68. The number of halogens is 1. The summed E-state index contributed by atoms with van der Waals surface area (Å²) in [6.45, 7) is 1.78. The highest BCUT2D eigenvalue weighted by Gasteiger charge is 2.21. The van der Waals surface area contributed by atoms with E-state index >= 15 is 0 Å². The van der Waals surface area contributed by atoms with Gasteiger partial charge in [0, 0.05) is 17.4 Å². The predicted molar refractivity (Wildman–Crippen MR) is 99.6 cm³/mol. The number of amides is 1. The fourth-order valence-corrected chi connectivity index (χ4v) is 3.36. The second kappa shape index (κ2) is 6.76. The molecule has 27 heavy (non-hydrogen) atoms. The number of thiophene rings is 1. The molecule has 0 bridgehead atoms. The molecule has 4 aromatic rings. The average molecular weight is 383 g/mol. The first-order valence-corrected chi connectivity index (χ1v) is 8.95. The molecule has 0 aliphatic heterocycles. The van der Waals surface area contributed by atoms with E-state index in [1.807, 2.05) is 5.38 Å². The number of nitrogens with zero attached hydrogens (tertiary/aromatic N) is 4. The van der Waals surface area contributed by atoms with E-state index in [0.717, 1.165) is 0 Å². The maximum absolute atomic E-state index is 13.3. The highest BCUT2D eigenvalue weighted by atomic mass is 32.1. The standard InChI is InChI=1S/C18H14FN5O2S/c1-11-9-16(25)24-18(20-11)21-15(22-24)10-23(13-6-4-12(19)5-7-13)17(26)14-3-2-8-27-14/h2-9H,10H2,1H3,(H,20,21,22). The van der Waals surface area contributed by atoms with Crippen molar-refractivity contribution in [3.8, 4) is 0 Å². The Hall–Kier alpha value is -3.33. The van der Waals surface area contributed by atoms with Gasteiger partial charge in [-0.05, 0) is 42.6 Å². The lowest BCUT2D eigenvalue weighted by molar-refractivity contribution is 0.0988. The summed E-state index contributed by atoms with van der Waals surface area (Å²) in [6, 6.07) is 10.5. The number of H-pyrrole nitrogens is 1. The van der Waals surface area contributed by atoms with Crippen molar-refractivity contribution in [1.82, 2.24) is 19.6 Å². The minimum absolute atomic E-state index is 0.0736. The van der Waals surface area contributed by atoms with Gasteiger partial charge in [-0.1, -0.05) is 6.07 Å². The van der Waals surface area contributed by atoms with Crippen LogP contribution < -0.4 is 10.5 Å². The number of aromatic amines is 1. The van der Waals surface area contributed by atoms with Crippen LogP contribution in [0.3, 0.4) is 0 Å². The van der Waals surface area contributed by atoms with E-state index in [0.29, 0.717) is 22.1 Å². The molecule has 136 valence electrons. The Balaban J connectivity index is 1.75. The number of rotatable bonds is 4. The number of fused-ring (bicyclic) bond motifs is 1. The molecule has 7 nitrogen and oxygen atoms in total. The molecule has 0 fully saturated rings. The number of hydrogen-bond donors (Lipinski definition) is 1. The van der Waals surface area contributed by atoms with E-state index in [4.69, 9.17) is 0 Å². The molecular weight excluding hydrogens is 369 g/mol. The molecule has 0 aliphatic rings. The third-order valence-electron chi connectivity index (χ3n) is 3.93. The zero-order chi connectivity index (χ0) is 19.0. The smallest absolute Gasteiger partial charge is 0.274 e. The van der Waals surface area contributed by atoms with Gasteiger partial charge in [-0.2, -0.15) is 9.50 Å². The molecule has 0 saturated carbocycles. The fourth-order valence-electron chi connectivity index (χ4n) is 2.69. The van der Waals surface area contributed by atoms with E-state index in [1.165, 1.54) is 51.1 Å². The maximum Gasteiger partial charge on any atom is 0.274 e. The number of aromatic nitrogens is 4. The first-order valence-electron chi connectivity index (χ1n) is 8.07. The summed E-state index contributed by atoms with van der Waals surface area (Å²) in [6.07, 6.45) is 0. The molecule has 0 radical (unpaired) electrons.